The number of halogens is 1. The number of allylic oxidation sites excluding steroid dienone is 1. The minimum Gasteiger partial charge on any atom is -0.493 e. The van der Waals surface area contributed by atoms with E-state index in [9.17, 15) is 9.59 Å². The molecule has 0 spiro atoms. The van der Waals surface area contributed by atoms with E-state index in [1.165, 1.54) is 11.3 Å². The summed E-state index contributed by atoms with van der Waals surface area (Å²) in [7, 11) is 1.56. The first-order valence-corrected chi connectivity index (χ1v) is 15.0. The average Bonchev–Trinajstić information content (AvgIpc) is 3.30. The lowest BCUT2D eigenvalue weighted by atomic mass is 9.95. The second-order valence-electron chi connectivity index (χ2n) is 9.56. The number of carbonyl (C=O) groups excluding carboxylic acids is 1. The Balaban J connectivity index is 1.63. The van der Waals surface area contributed by atoms with E-state index in [1.807, 2.05) is 61.5 Å². The Morgan fingerprint density at radius 2 is 1.77 bits per heavy atom. The maximum absolute atomic E-state index is 14.1. The first-order valence-electron chi connectivity index (χ1n) is 13.8. The van der Waals surface area contributed by atoms with E-state index in [0.29, 0.717) is 49.5 Å². The number of fused-ring (bicyclic) bond motifs is 1. The van der Waals surface area contributed by atoms with Crippen LogP contribution < -0.4 is 29.1 Å². The molecule has 222 valence electrons. The Morgan fingerprint density at radius 1 is 1.00 bits per heavy atom. The van der Waals surface area contributed by atoms with Crippen LogP contribution in [0.5, 0.6) is 17.2 Å². The zero-order valence-electron chi connectivity index (χ0n) is 24.3. The number of hydrogen-bond donors (Lipinski definition) is 0. The van der Waals surface area contributed by atoms with Crippen molar-refractivity contribution in [3.63, 3.8) is 0 Å². The molecule has 0 amide bonds. The van der Waals surface area contributed by atoms with E-state index in [2.05, 4.69) is 4.99 Å². The molecule has 0 saturated carbocycles. The molecule has 5 rings (SSSR count). The third kappa shape index (κ3) is 6.23. The Kier molecular flexibility index (Phi) is 9.33. The van der Waals surface area contributed by atoms with Crippen molar-refractivity contribution in [2.45, 2.75) is 33.4 Å². The summed E-state index contributed by atoms with van der Waals surface area (Å²) in [5.41, 5.74) is 2.72. The molecular weight excluding hydrogens is 588 g/mol. The summed E-state index contributed by atoms with van der Waals surface area (Å²) in [5, 5.41) is 0.618. The summed E-state index contributed by atoms with van der Waals surface area (Å²) in [6, 6.07) is 19.6. The van der Waals surface area contributed by atoms with Crippen LogP contribution in [-0.4, -0.2) is 30.9 Å². The molecule has 3 aromatic carbocycles. The molecule has 1 aromatic heterocycles. The molecule has 8 nitrogen and oxygen atoms in total. The fraction of sp³-hybridized carbons (Fsp3) is 0.242. The quantitative estimate of drug-likeness (QED) is 0.220. The summed E-state index contributed by atoms with van der Waals surface area (Å²) in [4.78, 5) is 32.5. The third-order valence-electron chi connectivity index (χ3n) is 6.87. The number of nitrogens with zero attached hydrogens (tertiary/aromatic N) is 2. The maximum atomic E-state index is 14.1. The van der Waals surface area contributed by atoms with Gasteiger partial charge in [0.1, 0.15) is 12.4 Å². The number of thiazole rings is 1. The Bertz CT molecular complexity index is 1880. The summed E-state index contributed by atoms with van der Waals surface area (Å²) < 4.78 is 24.8. The van der Waals surface area contributed by atoms with Crippen LogP contribution in [0.3, 0.4) is 0 Å². The van der Waals surface area contributed by atoms with Gasteiger partial charge < -0.3 is 18.9 Å². The van der Waals surface area contributed by atoms with Crippen molar-refractivity contribution in [1.82, 2.24) is 4.57 Å². The standard InChI is InChI=1S/C33H31ClN2O6S/c1-5-40-27-17-22(15-16-26(27)39-4)30-29(32(38)41-6-2)20(3)35-33-36(30)31(37)28(43-33)18-21-11-8-10-14-25(21)42-19-23-12-7-9-13-24(23)34/h7-18,30H,5-6,19H2,1-4H3/b28-18+/t30-/m0/s1. The molecular formula is C33H31ClN2O6S. The topological polar surface area (TPSA) is 88.4 Å². The molecule has 0 aliphatic carbocycles. The number of methoxy groups -OCH3 is 1. The van der Waals surface area contributed by atoms with Gasteiger partial charge in [0.15, 0.2) is 16.3 Å². The summed E-state index contributed by atoms with van der Waals surface area (Å²) >= 11 is 7.56. The largest absolute Gasteiger partial charge is 0.493 e. The SMILES string of the molecule is CCOC(=O)C1=C(C)N=c2s/c(=C/c3ccccc3OCc3ccccc3Cl)c(=O)n2[C@H]1c1ccc(OC)c(OCC)c1. The summed E-state index contributed by atoms with van der Waals surface area (Å²) in [5.74, 6) is 1.12. The zero-order valence-corrected chi connectivity index (χ0v) is 25.8. The summed E-state index contributed by atoms with van der Waals surface area (Å²) in [6.45, 7) is 6.24. The smallest absolute Gasteiger partial charge is 0.338 e. The molecule has 0 bridgehead atoms. The van der Waals surface area contributed by atoms with Crippen molar-refractivity contribution >= 4 is 35.0 Å². The molecule has 43 heavy (non-hydrogen) atoms. The van der Waals surface area contributed by atoms with Crippen LogP contribution in [0.1, 0.15) is 43.5 Å². The van der Waals surface area contributed by atoms with Gasteiger partial charge in [-0.1, -0.05) is 65.4 Å². The van der Waals surface area contributed by atoms with Gasteiger partial charge in [-0.25, -0.2) is 9.79 Å². The first kappa shape index (κ1) is 30.1. The van der Waals surface area contributed by atoms with E-state index >= 15 is 0 Å². The number of aromatic nitrogens is 1. The lowest BCUT2D eigenvalue weighted by Gasteiger charge is -2.25. The highest BCUT2D eigenvalue weighted by atomic mass is 35.5. The Morgan fingerprint density at radius 3 is 2.51 bits per heavy atom. The van der Waals surface area contributed by atoms with Crippen LogP contribution in [0.2, 0.25) is 5.02 Å². The Labute approximate surface area is 258 Å². The van der Waals surface area contributed by atoms with Crippen LogP contribution in [-0.2, 0) is 16.1 Å². The van der Waals surface area contributed by atoms with Crippen molar-refractivity contribution < 1.29 is 23.7 Å². The van der Waals surface area contributed by atoms with Gasteiger partial charge in [-0.2, -0.15) is 0 Å². The van der Waals surface area contributed by atoms with Crippen molar-refractivity contribution in [1.29, 1.82) is 0 Å². The zero-order chi connectivity index (χ0) is 30.5. The van der Waals surface area contributed by atoms with Crippen LogP contribution >= 0.6 is 22.9 Å². The highest BCUT2D eigenvalue weighted by Gasteiger charge is 2.34. The average molecular weight is 619 g/mol. The molecule has 0 radical (unpaired) electrons. The van der Waals surface area contributed by atoms with Crippen molar-refractivity contribution in [3.05, 3.63) is 119 Å². The van der Waals surface area contributed by atoms with Gasteiger partial charge >= 0.3 is 5.97 Å². The number of carbonyl (C=O) groups is 1. The minimum absolute atomic E-state index is 0.185. The monoisotopic (exact) mass is 618 g/mol. The second-order valence-corrected chi connectivity index (χ2v) is 11.0. The molecule has 0 N–H and O–H groups in total. The third-order valence-corrected chi connectivity index (χ3v) is 8.22. The maximum Gasteiger partial charge on any atom is 0.338 e. The van der Waals surface area contributed by atoms with E-state index < -0.39 is 12.0 Å². The van der Waals surface area contributed by atoms with E-state index in [0.717, 1.165) is 11.1 Å². The van der Waals surface area contributed by atoms with Gasteiger partial charge in [0.2, 0.25) is 0 Å². The molecule has 0 saturated heterocycles. The second kappa shape index (κ2) is 13.3. The fourth-order valence-corrected chi connectivity index (χ4v) is 6.11. The first-order chi connectivity index (χ1) is 20.9. The molecule has 0 fully saturated rings. The number of ether oxygens (including phenoxy) is 4. The van der Waals surface area contributed by atoms with Gasteiger partial charge in [-0.3, -0.25) is 9.36 Å². The van der Waals surface area contributed by atoms with E-state index in [4.69, 9.17) is 30.5 Å². The van der Waals surface area contributed by atoms with Gasteiger partial charge in [0, 0.05) is 16.1 Å². The number of rotatable bonds is 10. The number of esters is 1. The minimum atomic E-state index is -0.783. The molecule has 0 unspecified atom stereocenters. The summed E-state index contributed by atoms with van der Waals surface area (Å²) in [6.07, 6.45) is 1.78. The highest BCUT2D eigenvalue weighted by Crippen LogP contribution is 2.36. The molecule has 1 aliphatic heterocycles. The van der Waals surface area contributed by atoms with Gasteiger partial charge in [-0.05, 0) is 56.7 Å². The van der Waals surface area contributed by atoms with Gasteiger partial charge in [0.25, 0.3) is 5.56 Å². The Hall–Kier alpha value is -4.34. The number of para-hydroxylation sites is 1. The molecule has 1 atom stereocenters. The van der Waals surface area contributed by atoms with Crippen LogP contribution in [0, 0.1) is 0 Å². The fourth-order valence-electron chi connectivity index (χ4n) is 4.88. The van der Waals surface area contributed by atoms with Crippen molar-refractivity contribution in [3.8, 4) is 17.2 Å². The highest BCUT2D eigenvalue weighted by molar-refractivity contribution is 7.07. The van der Waals surface area contributed by atoms with E-state index in [-0.39, 0.29) is 24.3 Å². The predicted molar refractivity (Wildman–Crippen MR) is 167 cm³/mol. The van der Waals surface area contributed by atoms with Crippen LogP contribution in [0.25, 0.3) is 6.08 Å². The number of hydrogen-bond acceptors (Lipinski definition) is 8. The van der Waals surface area contributed by atoms with Crippen LogP contribution in [0.4, 0.5) is 0 Å². The van der Waals surface area contributed by atoms with Gasteiger partial charge in [0.05, 0.1) is 42.2 Å². The molecule has 1 aliphatic rings. The van der Waals surface area contributed by atoms with Crippen LogP contribution in [0.15, 0.2) is 87.8 Å². The predicted octanol–water partition coefficient (Wildman–Crippen LogP) is 5.44. The lowest BCUT2D eigenvalue weighted by Crippen LogP contribution is -2.40. The number of benzene rings is 3. The molecule has 2 heterocycles. The molecule has 10 heteroatoms. The normalized spacial score (nSPS) is 14.6. The lowest BCUT2D eigenvalue weighted by molar-refractivity contribution is -0.139. The van der Waals surface area contributed by atoms with E-state index in [1.54, 1.807) is 43.7 Å². The van der Waals surface area contributed by atoms with Crippen molar-refractivity contribution in [2.75, 3.05) is 20.3 Å². The molecule has 4 aromatic rings. The van der Waals surface area contributed by atoms with Gasteiger partial charge in [-0.15, -0.1) is 0 Å². The van der Waals surface area contributed by atoms with Crippen molar-refractivity contribution in [2.24, 2.45) is 4.99 Å².